The maximum absolute atomic E-state index is 12.5. The van der Waals surface area contributed by atoms with E-state index in [0.29, 0.717) is 71.7 Å². The Morgan fingerprint density at radius 1 is 0.571 bits per heavy atom. The second-order valence-electron chi connectivity index (χ2n) is 21.7. The molecule has 70 heavy (non-hydrogen) atoms. The first-order valence-corrected chi connectivity index (χ1v) is 30.4. The van der Waals surface area contributed by atoms with E-state index in [9.17, 15) is 28.9 Å². The Hall–Kier alpha value is -1.52. The van der Waals surface area contributed by atoms with Crippen LogP contribution in [-0.2, 0) is 27.8 Å². The van der Waals surface area contributed by atoms with Crippen LogP contribution in [0.15, 0.2) is 24.3 Å². The predicted molar refractivity (Wildman–Crippen MR) is 281 cm³/mol. The first-order chi connectivity index (χ1) is 33.1. The molecule has 1 aliphatic rings. The van der Waals surface area contributed by atoms with E-state index in [1.165, 1.54) is 83.5 Å². The number of aliphatic hydroxyl groups is 2. The number of amides is 2. The van der Waals surface area contributed by atoms with E-state index < -0.39 is 41.1 Å². The van der Waals surface area contributed by atoms with Crippen LogP contribution in [0.25, 0.3) is 0 Å². The van der Waals surface area contributed by atoms with E-state index in [1.54, 1.807) is 0 Å². The number of phosphoric ester groups is 2. The highest BCUT2D eigenvalue weighted by Crippen LogP contribution is 2.43. The van der Waals surface area contributed by atoms with Gasteiger partial charge in [-0.05, 0) is 68.6 Å². The molecule has 1 aliphatic carbocycles. The number of nitrogens with zero attached hydrogens (tertiary/aromatic N) is 2. The van der Waals surface area contributed by atoms with Gasteiger partial charge in [0.2, 0.25) is 11.8 Å². The number of hydrogen-bond donors (Lipinski definition) is 8. The predicted octanol–water partition coefficient (Wildman–Crippen LogP) is 9.09. The molecule has 412 valence electrons. The van der Waals surface area contributed by atoms with Crippen LogP contribution >= 0.6 is 15.6 Å². The van der Waals surface area contributed by atoms with E-state index in [2.05, 4.69) is 57.8 Å². The molecule has 16 nitrogen and oxygen atoms in total. The molecule has 0 radical (unpaired) electrons. The molecule has 8 N–H and O–H groups in total. The van der Waals surface area contributed by atoms with E-state index in [-0.39, 0.29) is 24.9 Å². The zero-order valence-electron chi connectivity index (χ0n) is 44.7. The summed E-state index contributed by atoms with van der Waals surface area (Å²) in [4.78, 5) is 60.5. The van der Waals surface area contributed by atoms with Crippen molar-refractivity contribution >= 4 is 27.5 Å². The van der Waals surface area contributed by atoms with Crippen molar-refractivity contribution in [2.45, 2.75) is 193 Å². The van der Waals surface area contributed by atoms with Crippen molar-refractivity contribution in [3.05, 3.63) is 24.3 Å². The quantitative estimate of drug-likeness (QED) is 0.0124. The molecule has 0 saturated heterocycles. The Bertz CT molecular complexity index is 1520. The number of unbranched alkanes of at least 4 members (excludes halogenated alkanes) is 15. The van der Waals surface area contributed by atoms with Crippen LogP contribution in [0.2, 0.25) is 0 Å². The number of carbonyl (C=O) groups is 2. The fraction of sp³-hybridized carbons (Fsp3) is 0.885. The van der Waals surface area contributed by atoms with Gasteiger partial charge < -0.3 is 49.4 Å². The smallest absolute Gasteiger partial charge is 0.385 e. The Kier molecular flexibility index (Phi) is 36.2. The number of rotatable bonds is 45. The summed E-state index contributed by atoms with van der Waals surface area (Å²) >= 11 is 0. The monoisotopic (exact) mass is 1040 g/mol. The summed E-state index contributed by atoms with van der Waals surface area (Å²) in [5, 5.41) is 26.2. The SMILES string of the molecule is CCCCCCC1C=CC(CCCCCCCC(=O)NCCC[N+](C)(C)CC(O)COP(=O)(O)O)C(/C=C\CCCCCCCC(=O)NCCC[N+](C)(C)CC(O)COP(=O)(O)O)C1CCCCCC. The molecule has 18 heteroatoms. The van der Waals surface area contributed by atoms with E-state index in [1.807, 2.05) is 28.2 Å². The molecule has 6 unspecified atom stereocenters. The van der Waals surface area contributed by atoms with Gasteiger partial charge in [0, 0.05) is 38.8 Å². The first kappa shape index (κ1) is 66.5. The zero-order chi connectivity index (χ0) is 52.3. The Morgan fingerprint density at radius 3 is 1.44 bits per heavy atom. The molecule has 0 bridgehead atoms. The number of allylic oxidation sites excluding steroid dienone is 4. The third-order valence-corrected chi connectivity index (χ3v) is 14.8. The van der Waals surface area contributed by atoms with Crippen molar-refractivity contribution in [2.75, 3.05) is 80.7 Å². The van der Waals surface area contributed by atoms with Gasteiger partial charge in [-0.15, -0.1) is 0 Å². The number of quaternary nitrogens is 2. The average molecular weight is 1040 g/mol. The van der Waals surface area contributed by atoms with Gasteiger partial charge in [0.25, 0.3) is 0 Å². The minimum Gasteiger partial charge on any atom is -0.385 e. The van der Waals surface area contributed by atoms with Gasteiger partial charge in [-0.25, -0.2) is 9.13 Å². The van der Waals surface area contributed by atoms with Crippen LogP contribution in [0, 0.1) is 23.7 Å². The highest BCUT2D eigenvalue weighted by Gasteiger charge is 2.34. The van der Waals surface area contributed by atoms with Crippen LogP contribution < -0.4 is 10.6 Å². The van der Waals surface area contributed by atoms with Gasteiger partial charge in [0.05, 0.1) is 54.5 Å². The molecule has 0 aromatic heterocycles. The Balaban J connectivity index is 2.55. The van der Waals surface area contributed by atoms with E-state index >= 15 is 0 Å². The molecule has 0 spiro atoms. The van der Waals surface area contributed by atoms with Crippen LogP contribution in [0.5, 0.6) is 0 Å². The molecule has 0 aromatic rings. The standard InChI is InChI=1S/C52H102N4O12P2/c1-7-9-11-21-29-45-35-36-46(30-22-17-16-20-26-34-52(60)54-38-28-40-56(5,6)42-48(58)44-68-70(64,65)66)50(49(45)31-23-12-10-8-2)32-24-18-14-13-15-19-25-33-51(59)53-37-27-39-55(3,4)41-47(57)43-67-69(61,62)63/h24,32,35-36,45-50,57-58H,7-23,25-31,33-34,37-44H2,1-6H3,(H4-2,53,54,59,60,61,62,63,64,65,66)/p+2/b32-24-. The fourth-order valence-corrected chi connectivity index (χ4v) is 10.8. The van der Waals surface area contributed by atoms with Crippen LogP contribution in [-0.4, -0.2) is 143 Å². The minimum atomic E-state index is -4.62. The third-order valence-electron chi connectivity index (χ3n) is 13.8. The zero-order valence-corrected chi connectivity index (χ0v) is 46.5. The van der Waals surface area contributed by atoms with Gasteiger partial charge in [-0.3, -0.25) is 18.6 Å². The van der Waals surface area contributed by atoms with Gasteiger partial charge in [0.1, 0.15) is 25.3 Å². The highest BCUT2D eigenvalue weighted by atomic mass is 31.2. The number of carbonyl (C=O) groups excluding carboxylic acids is 2. The lowest BCUT2D eigenvalue weighted by Crippen LogP contribution is -2.47. The van der Waals surface area contributed by atoms with Crippen molar-refractivity contribution in [3.63, 3.8) is 0 Å². The van der Waals surface area contributed by atoms with Crippen molar-refractivity contribution < 1.29 is 66.5 Å². The Labute approximate surface area is 424 Å². The van der Waals surface area contributed by atoms with Crippen LogP contribution in [0.4, 0.5) is 0 Å². The number of phosphoric acid groups is 2. The van der Waals surface area contributed by atoms with Crippen molar-refractivity contribution in [1.29, 1.82) is 0 Å². The molecule has 0 fully saturated rings. The molecule has 0 heterocycles. The lowest BCUT2D eigenvalue weighted by atomic mass is 9.66. The maximum Gasteiger partial charge on any atom is 0.469 e. The lowest BCUT2D eigenvalue weighted by Gasteiger charge is -2.39. The van der Waals surface area contributed by atoms with Crippen LogP contribution in [0.1, 0.15) is 181 Å². The summed E-state index contributed by atoms with van der Waals surface area (Å²) in [7, 11) is -1.53. The number of likely N-dealkylation sites (N-methyl/N-ethyl adjacent to an activating group) is 2. The molecule has 1 rings (SSSR count). The average Bonchev–Trinajstić information content (AvgIpc) is 3.27. The van der Waals surface area contributed by atoms with Crippen LogP contribution in [0.3, 0.4) is 0 Å². The summed E-state index contributed by atoms with van der Waals surface area (Å²) in [5.74, 6) is 2.63. The van der Waals surface area contributed by atoms with Crippen molar-refractivity contribution in [2.24, 2.45) is 23.7 Å². The van der Waals surface area contributed by atoms with Crippen molar-refractivity contribution in [3.8, 4) is 0 Å². The maximum atomic E-state index is 12.5. The molecule has 0 saturated carbocycles. The largest absolute Gasteiger partial charge is 0.469 e. The molecule has 6 atom stereocenters. The van der Waals surface area contributed by atoms with Crippen molar-refractivity contribution in [1.82, 2.24) is 10.6 Å². The summed E-state index contributed by atoms with van der Waals surface area (Å²) in [6.45, 7) is 6.77. The third kappa shape index (κ3) is 37.2. The van der Waals surface area contributed by atoms with Gasteiger partial charge >= 0.3 is 15.6 Å². The molecule has 2 amide bonds. The van der Waals surface area contributed by atoms with E-state index in [4.69, 9.17) is 19.6 Å². The topological polar surface area (TPSA) is 232 Å². The number of aliphatic hydroxyl groups excluding tert-OH is 2. The molecular formula is C52H104N4O12P2+2. The minimum absolute atomic E-state index is 0.0623. The second kappa shape index (κ2) is 38.1. The second-order valence-corrected chi connectivity index (χ2v) is 24.1. The molecule has 0 aromatic carbocycles. The molecule has 0 aliphatic heterocycles. The number of nitrogens with one attached hydrogen (secondary N) is 2. The highest BCUT2D eigenvalue weighted by molar-refractivity contribution is 7.46. The van der Waals surface area contributed by atoms with Gasteiger partial charge in [0.15, 0.2) is 0 Å². The summed E-state index contributed by atoms with van der Waals surface area (Å²) < 4.78 is 31.5. The first-order valence-electron chi connectivity index (χ1n) is 27.3. The normalized spacial score (nSPS) is 18.9. The lowest BCUT2D eigenvalue weighted by molar-refractivity contribution is -0.893. The summed E-state index contributed by atoms with van der Waals surface area (Å²) in [6, 6.07) is 0. The molecular weight excluding hydrogens is 935 g/mol. The Morgan fingerprint density at radius 2 is 0.971 bits per heavy atom. The summed E-state index contributed by atoms with van der Waals surface area (Å²) in [6.07, 6.45) is 36.9. The van der Waals surface area contributed by atoms with Gasteiger partial charge in [-0.1, -0.05) is 134 Å². The summed E-state index contributed by atoms with van der Waals surface area (Å²) in [5.41, 5.74) is 0. The number of hydrogen-bond acceptors (Lipinski definition) is 8. The van der Waals surface area contributed by atoms with E-state index in [0.717, 1.165) is 70.6 Å². The fourth-order valence-electron chi connectivity index (χ4n) is 10.0. The van der Waals surface area contributed by atoms with Gasteiger partial charge in [-0.2, -0.15) is 0 Å².